The maximum Gasteiger partial charge on any atom is 0.288 e. The lowest BCUT2D eigenvalue weighted by molar-refractivity contribution is -0.384. The second-order valence-electron chi connectivity index (χ2n) is 3.80. The number of halogens is 1. The van der Waals surface area contributed by atoms with Gasteiger partial charge in [0, 0.05) is 16.7 Å². The van der Waals surface area contributed by atoms with Crippen LogP contribution in [0.5, 0.6) is 5.75 Å². The predicted molar refractivity (Wildman–Crippen MR) is 75.8 cm³/mol. The lowest BCUT2D eigenvalue weighted by Gasteiger charge is -2.04. The van der Waals surface area contributed by atoms with Crippen LogP contribution in [0, 0.1) is 10.1 Å². The molecule has 0 saturated heterocycles. The first-order valence-corrected chi connectivity index (χ1v) is 6.78. The largest absolute Gasteiger partial charge is 0.507 e. The summed E-state index contributed by atoms with van der Waals surface area (Å²) in [5.74, 6) is 0.728. The molecule has 0 fully saturated rings. The molecular weight excluding hydrogens is 286 g/mol. The molecule has 0 radical (unpaired) electrons. The van der Waals surface area contributed by atoms with Crippen LogP contribution in [0.4, 0.5) is 5.69 Å². The highest BCUT2D eigenvalue weighted by Crippen LogP contribution is 2.32. The normalized spacial score (nSPS) is 10.4. The topological polar surface area (TPSA) is 63.4 Å². The van der Waals surface area contributed by atoms with Crippen molar-refractivity contribution in [2.24, 2.45) is 0 Å². The molecule has 98 valence electrons. The molecule has 0 unspecified atom stereocenters. The zero-order chi connectivity index (χ0) is 13.8. The van der Waals surface area contributed by atoms with Gasteiger partial charge in [-0.2, -0.15) is 0 Å². The first kappa shape index (κ1) is 13.7. The van der Waals surface area contributed by atoms with Crippen molar-refractivity contribution >= 4 is 29.1 Å². The fraction of sp³-hybridized carbons (Fsp3) is 0.0769. The van der Waals surface area contributed by atoms with Gasteiger partial charge in [-0.05, 0) is 23.8 Å². The third-order valence-electron chi connectivity index (χ3n) is 2.47. The fourth-order valence-corrected chi connectivity index (χ4v) is 2.61. The Hall–Kier alpha value is -1.72. The molecule has 0 amide bonds. The molecule has 19 heavy (non-hydrogen) atoms. The number of hydrogen-bond donors (Lipinski definition) is 1. The molecule has 1 N–H and O–H groups in total. The third kappa shape index (κ3) is 3.39. The third-order valence-corrected chi connectivity index (χ3v) is 3.92. The molecule has 6 heteroatoms. The van der Waals surface area contributed by atoms with Gasteiger partial charge < -0.3 is 5.11 Å². The Balaban J connectivity index is 2.14. The van der Waals surface area contributed by atoms with Crippen LogP contribution in [-0.4, -0.2) is 10.0 Å². The zero-order valence-electron chi connectivity index (χ0n) is 9.75. The smallest absolute Gasteiger partial charge is 0.288 e. The maximum absolute atomic E-state index is 10.8. The van der Waals surface area contributed by atoms with Gasteiger partial charge in [-0.15, -0.1) is 11.8 Å². The summed E-state index contributed by atoms with van der Waals surface area (Å²) in [6, 6.07) is 11.7. The van der Waals surface area contributed by atoms with Crippen molar-refractivity contribution in [1.82, 2.24) is 0 Å². The SMILES string of the molecule is O=[N+]([O-])c1cc(CSc2ccccc2O)ccc1Cl. The average molecular weight is 296 g/mol. The number of aromatic hydroxyl groups is 1. The molecule has 0 aliphatic rings. The highest BCUT2D eigenvalue weighted by Gasteiger charge is 2.13. The lowest BCUT2D eigenvalue weighted by atomic mass is 10.2. The monoisotopic (exact) mass is 295 g/mol. The number of rotatable bonds is 4. The molecule has 2 rings (SSSR count). The standard InChI is InChI=1S/C13H10ClNO3S/c14-10-6-5-9(7-11(10)15(17)18)8-19-13-4-2-1-3-12(13)16/h1-7,16H,8H2. The Morgan fingerprint density at radius 2 is 2.00 bits per heavy atom. The van der Waals surface area contributed by atoms with E-state index in [-0.39, 0.29) is 16.5 Å². The summed E-state index contributed by atoms with van der Waals surface area (Å²) >= 11 is 7.16. The molecule has 0 atom stereocenters. The van der Waals surface area contributed by atoms with E-state index in [0.29, 0.717) is 5.75 Å². The number of benzene rings is 2. The predicted octanol–water partition coefficient (Wildman–Crippen LogP) is 4.25. The first-order chi connectivity index (χ1) is 9.08. The van der Waals surface area contributed by atoms with Crippen molar-refractivity contribution in [3.05, 3.63) is 63.2 Å². The van der Waals surface area contributed by atoms with Crippen LogP contribution in [0.1, 0.15) is 5.56 Å². The molecule has 0 aliphatic heterocycles. The minimum absolute atomic E-state index is 0.1000. The first-order valence-electron chi connectivity index (χ1n) is 5.41. The van der Waals surface area contributed by atoms with Crippen LogP contribution < -0.4 is 0 Å². The van der Waals surface area contributed by atoms with Gasteiger partial charge in [0.1, 0.15) is 10.8 Å². The second kappa shape index (κ2) is 5.95. The van der Waals surface area contributed by atoms with Crippen molar-refractivity contribution in [2.75, 3.05) is 0 Å². The molecule has 2 aromatic carbocycles. The minimum atomic E-state index is -0.503. The molecule has 0 heterocycles. The second-order valence-corrected chi connectivity index (χ2v) is 5.22. The van der Waals surface area contributed by atoms with Crippen LogP contribution in [-0.2, 0) is 5.75 Å². The van der Waals surface area contributed by atoms with Crippen molar-refractivity contribution in [3.63, 3.8) is 0 Å². The summed E-state index contributed by atoms with van der Waals surface area (Å²) in [6.45, 7) is 0. The van der Waals surface area contributed by atoms with Gasteiger partial charge in [-0.1, -0.05) is 29.8 Å². The molecule has 2 aromatic rings. The van der Waals surface area contributed by atoms with E-state index < -0.39 is 4.92 Å². The van der Waals surface area contributed by atoms with Crippen LogP contribution in [0.3, 0.4) is 0 Å². The summed E-state index contributed by atoms with van der Waals surface area (Å²) in [6.07, 6.45) is 0. The van der Waals surface area contributed by atoms with E-state index in [1.165, 1.54) is 23.9 Å². The lowest BCUT2D eigenvalue weighted by Crippen LogP contribution is -1.91. The number of phenolic OH excluding ortho intramolecular Hbond substituents is 1. The molecule has 0 bridgehead atoms. The summed E-state index contributed by atoms with van der Waals surface area (Å²) in [5, 5.41) is 20.5. The number of para-hydroxylation sites is 1. The summed E-state index contributed by atoms with van der Waals surface area (Å²) in [4.78, 5) is 11.0. The van der Waals surface area contributed by atoms with Gasteiger partial charge in [0.05, 0.1) is 4.92 Å². The Morgan fingerprint density at radius 3 is 2.68 bits per heavy atom. The van der Waals surface area contributed by atoms with Crippen molar-refractivity contribution in [2.45, 2.75) is 10.6 Å². The Morgan fingerprint density at radius 1 is 1.26 bits per heavy atom. The Bertz CT molecular complexity index is 619. The van der Waals surface area contributed by atoms with Gasteiger partial charge in [0.15, 0.2) is 0 Å². The average Bonchev–Trinajstić information content (AvgIpc) is 2.39. The highest BCUT2D eigenvalue weighted by atomic mass is 35.5. The minimum Gasteiger partial charge on any atom is -0.507 e. The zero-order valence-corrected chi connectivity index (χ0v) is 11.3. The van der Waals surface area contributed by atoms with Gasteiger partial charge in [0.25, 0.3) is 5.69 Å². The van der Waals surface area contributed by atoms with Crippen LogP contribution in [0.2, 0.25) is 5.02 Å². The molecule has 0 saturated carbocycles. The number of nitro groups is 1. The fourth-order valence-electron chi connectivity index (χ4n) is 1.53. The van der Waals surface area contributed by atoms with Crippen LogP contribution in [0.25, 0.3) is 0 Å². The van der Waals surface area contributed by atoms with Crippen molar-refractivity contribution in [3.8, 4) is 5.75 Å². The van der Waals surface area contributed by atoms with Gasteiger partial charge in [0.2, 0.25) is 0 Å². The van der Waals surface area contributed by atoms with E-state index in [2.05, 4.69) is 0 Å². The van der Waals surface area contributed by atoms with E-state index >= 15 is 0 Å². The van der Waals surface area contributed by atoms with Crippen molar-refractivity contribution < 1.29 is 10.0 Å². The number of hydrogen-bond acceptors (Lipinski definition) is 4. The van der Waals surface area contributed by atoms with E-state index in [0.717, 1.165) is 10.5 Å². The van der Waals surface area contributed by atoms with Crippen LogP contribution in [0.15, 0.2) is 47.4 Å². The summed E-state index contributed by atoms with van der Waals surface area (Å²) in [5.41, 5.74) is 0.682. The number of thioether (sulfide) groups is 1. The van der Waals surface area contributed by atoms with Crippen molar-refractivity contribution in [1.29, 1.82) is 0 Å². The summed E-state index contributed by atoms with van der Waals surface area (Å²) in [7, 11) is 0. The molecular formula is C13H10ClNO3S. The van der Waals surface area contributed by atoms with Gasteiger partial charge in [-0.25, -0.2) is 0 Å². The molecule has 0 aliphatic carbocycles. The number of nitrogens with zero attached hydrogens (tertiary/aromatic N) is 1. The summed E-state index contributed by atoms with van der Waals surface area (Å²) < 4.78 is 0. The Kier molecular flexibility index (Phi) is 4.29. The van der Waals surface area contributed by atoms with E-state index in [1.807, 2.05) is 6.07 Å². The quantitative estimate of drug-likeness (QED) is 0.520. The van der Waals surface area contributed by atoms with Crippen LogP contribution >= 0.6 is 23.4 Å². The van der Waals surface area contributed by atoms with E-state index in [1.54, 1.807) is 24.3 Å². The van der Waals surface area contributed by atoms with Gasteiger partial charge in [-0.3, -0.25) is 10.1 Å². The highest BCUT2D eigenvalue weighted by molar-refractivity contribution is 7.98. The molecule has 4 nitrogen and oxygen atoms in total. The van der Waals surface area contributed by atoms with E-state index in [4.69, 9.17) is 11.6 Å². The molecule has 0 spiro atoms. The number of nitro benzene ring substituents is 1. The number of phenols is 1. The Labute approximate surface area is 119 Å². The molecule has 0 aromatic heterocycles. The van der Waals surface area contributed by atoms with E-state index in [9.17, 15) is 15.2 Å². The maximum atomic E-state index is 10.8. The van der Waals surface area contributed by atoms with Gasteiger partial charge >= 0.3 is 0 Å².